The second-order valence-electron chi connectivity index (χ2n) is 23.7. The smallest absolute Gasteiger partial charge is 0.658 e. The monoisotopic (exact) mass is 1160 g/mol. The molecular weight excluding hydrogens is 1070 g/mol. The van der Waals surface area contributed by atoms with Gasteiger partial charge in [0.25, 0.3) is 0 Å². The van der Waals surface area contributed by atoms with Crippen LogP contribution in [0.25, 0.3) is 68.6 Å². The summed E-state index contributed by atoms with van der Waals surface area (Å²) >= 11 is 0. The standard InChI is InChI=1S/C70H95BN4O6.Zn/c1-9-13-17-21-25-29-41-76-56-45-52(46-57(50-56)77-42-30-26-22-18-14-10-2)66-60-35-33-54(72-60)49-55-34-36-61(73-55)67(63-38-40-65(75-63)68(64-39-37-62(66)74-64)71-80-69(5,6)70(7,8)81-71)53-47-58(78-43-31-27-23-19-15-11-3)51-59(48-53)79-44-32-28-24-20-16-12-4;/h33-40,45-51H,9-32,41-44H2,1-8H3;/q-2;+2. The Kier molecular flexibility index (Phi) is 25.8. The van der Waals surface area contributed by atoms with E-state index in [4.69, 9.17) is 48.2 Å². The minimum Gasteiger partial charge on any atom is -0.658 e. The fraction of sp³-hybridized carbons (Fsp3) is 0.543. The van der Waals surface area contributed by atoms with Crippen LogP contribution in [-0.2, 0) is 28.8 Å². The van der Waals surface area contributed by atoms with Gasteiger partial charge >= 0.3 is 26.6 Å². The first kappa shape index (κ1) is 64.4. The summed E-state index contributed by atoms with van der Waals surface area (Å²) < 4.78 is 40.2. The number of benzene rings is 2. The van der Waals surface area contributed by atoms with Gasteiger partial charge in [-0.25, -0.2) is 9.97 Å². The zero-order valence-electron chi connectivity index (χ0n) is 51.5. The Balaban J connectivity index is 0.00000968. The molecule has 0 unspecified atom stereocenters. The Hall–Kier alpha value is -5.15. The summed E-state index contributed by atoms with van der Waals surface area (Å²) in [7, 11) is -0.769. The van der Waals surface area contributed by atoms with Gasteiger partial charge in [-0.05, 0) is 130 Å². The van der Waals surface area contributed by atoms with E-state index in [0.29, 0.717) is 37.6 Å². The van der Waals surface area contributed by atoms with Crippen molar-refractivity contribution in [2.75, 3.05) is 26.4 Å². The van der Waals surface area contributed by atoms with Crippen LogP contribution in [0.4, 0.5) is 0 Å². The SMILES string of the molecule is CCCCCCCCOc1cc(OCCCCCCCC)cc(-c2c3nc(c(B4OC(C)(C)C(C)(C)O4)c4ccc([n-]4)c(-c4cc(OCCCCCCCC)cc(OCCCCCCCC)c4)c4nc(cc5ccc2[n-]5)C=C4)C=C3)c1.[Zn+2]. The average Bonchev–Trinajstić information content (AvgIpc) is 4.51. The maximum Gasteiger partial charge on any atom is 2.00 e. The van der Waals surface area contributed by atoms with Crippen molar-refractivity contribution in [3.63, 3.8) is 0 Å². The van der Waals surface area contributed by atoms with E-state index in [0.717, 1.165) is 136 Å². The van der Waals surface area contributed by atoms with Crippen molar-refractivity contribution in [1.29, 1.82) is 0 Å². The first-order valence-electron chi connectivity index (χ1n) is 31.7. The Bertz CT molecular complexity index is 2840. The molecule has 0 saturated carbocycles. The summed E-state index contributed by atoms with van der Waals surface area (Å²) in [5.74, 6) is 3.09. The Morgan fingerprint density at radius 1 is 0.402 bits per heavy atom. The van der Waals surface area contributed by atoms with Crippen LogP contribution in [0, 0.1) is 0 Å². The quantitative estimate of drug-likeness (QED) is 0.0281. The van der Waals surface area contributed by atoms with Crippen LogP contribution in [0.2, 0.25) is 0 Å². The molecule has 0 N–H and O–H groups in total. The zero-order chi connectivity index (χ0) is 56.9. The summed E-state index contributed by atoms with van der Waals surface area (Å²) in [6, 6.07) is 23.0. The van der Waals surface area contributed by atoms with Crippen molar-refractivity contribution >= 4 is 59.0 Å². The molecule has 436 valence electrons. The number of unbranched alkanes of at least 4 members (excludes halogenated alkanes) is 20. The van der Waals surface area contributed by atoms with Crippen LogP contribution in [0.1, 0.15) is 232 Å². The van der Waals surface area contributed by atoms with Crippen molar-refractivity contribution < 1.29 is 47.7 Å². The van der Waals surface area contributed by atoms with Crippen molar-refractivity contribution in [2.45, 2.75) is 221 Å². The molecule has 1 fully saturated rings. The third-order valence-electron chi connectivity index (χ3n) is 16.4. The van der Waals surface area contributed by atoms with Gasteiger partial charge < -0.3 is 38.2 Å². The molecule has 5 aromatic rings. The molecule has 82 heavy (non-hydrogen) atoms. The van der Waals surface area contributed by atoms with Crippen LogP contribution in [0.3, 0.4) is 0 Å². The molecule has 8 bridgehead atoms. The molecule has 0 radical (unpaired) electrons. The summed E-state index contributed by atoms with van der Waals surface area (Å²) in [5, 5.41) is 0. The minimum absolute atomic E-state index is 0. The van der Waals surface area contributed by atoms with Gasteiger partial charge in [-0.2, -0.15) is 0 Å². The van der Waals surface area contributed by atoms with Gasteiger partial charge in [-0.15, -0.1) is 22.1 Å². The van der Waals surface area contributed by atoms with E-state index in [1.54, 1.807) is 0 Å². The van der Waals surface area contributed by atoms with Crippen LogP contribution in [-0.4, -0.2) is 54.7 Å². The van der Waals surface area contributed by atoms with E-state index in [1.807, 2.05) is 12.1 Å². The van der Waals surface area contributed by atoms with E-state index in [2.05, 4.69) is 134 Å². The largest absolute Gasteiger partial charge is 2.00 e. The van der Waals surface area contributed by atoms with Crippen molar-refractivity contribution in [3.8, 4) is 45.3 Å². The van der Waals surface area contributed by atoms with Crippen LogP contribution >= 0.6 is 0 Å². The molecule has 0 aliphatic carbocycles. The number of fused-ring (bicyclic) bond motifs is 8. The summed E-state index contributed by atoms with van der Waals surface area (Å²) in [4.78, 5) is 21.8. The van der Waals surface area contributed by atoms with E-state index in [9.17, 15) is 0 Å². The second kappa shape index (κ2) is 32.8. The van der Waals surface area contributed by atoms with Gasteiger partial charge in [-0.3, -0.25) is 0 Å². The molecule has 3 aliphatic rings. The number of rotatable bonds is 35. The van der Waals surface area contributed by atoms with Gasteiger partial charge in [-0.1, -0.05) is 186 Å². The van der Waals surface area contributed by atoms with E-state index in [-0.39, 0.29) is 19.5 Å². The molecular formula is C70H95BN4O6Zn. The van der Waals surface area contributed by atoms with E-state index < -0.39 is 18.3 Å². The third kappa shape index (κ3) is 18.2. The van der Waals surface area contributed by atoms with Gasteiger partial charge in [0.2, 0.25) is 0 Å². The third-order valence-corrected chi connectivity index (χ3v) is 16.4. The summed E-state index contributed by atoms with van der Waals surface area (Å²) in [5.41, 5.74) is 9.13. The Morgan fingerprint density at radius 3 is 1.22 bits per heavy atom. The van der Waals surface area contributed by atoms with E-state index >= 15 is 0 Å². The number of nitrogens with zero attached hydrogens (tertiary/aromatic N) is 4. The molecule has 12 heteroatoms. The fourth-order valence-corrected chi connectivity index (χ4v) is 10.9. The first-order chi connectivity index (χ1) is 39.5. The van der Waals surface area contributed by atoms with Crippen LogP contribution in [0.15, 0.2) is 66.7 Å². The van der Waals surface area contributed by atoms with Crippen LogP contribution in [0.5, 0.6) is 23.0 Å². The summed E-state index contributed by atoms with van der Waals surface area (Å²) in [6.45, 7) is 19.9. The van der Waals surface area contributed by atoms with Crippen molar-refractivity contribution in [2.24, 2.45) is 0 Å². The molecule has 10 nitrogen and oxygen atoms in total. The number of aromatic nitrogens is 4. The molecule has 8 rings (SSSR count). The molecule has 2 aromatic carbocycles. The van der Waals surface area contributed by atoms with Crippen molar-refractivity contribution in [3.05, 3.63) is 89.5 Å². The minimum atomic E-state index is -0.769. The predicted octanol–water partition coefficient (Wildman–Crippen LogP) is 18.5. The molecule has 0 amide bonds. The fourth-order valence-electron chi connectivity index (χ4n) is 10.9. The number of hydrogen-bond donors (Lipinski definition) is 0. The maximum absolute atomic E-state index is 6.92. The molecule has 1 saturated heterocycles. The Labute approximate surface area is 505 Å². The molecule has 3 aromatic heterocycles. The van der Waals surface area contributed by atoms with Crippen LogP contribution < -0.4 is 34.4 Å². The Morgan fingerprint density at radius 2 is 0.768 bits per heavy atom. The average molecular weight is 1160 g/mol. The maximum atomic E-state index is 6.92. The van der Waals surface area contributed by atoms with E-state index in [1.165, 1.54) is 103 Å². The van der Waals surface area contributed by atoms with Gasteiger partial charge in [0.15, 0.2) is 0 Å². The first-order valence-corrected chi connectivity index (χ1v) is 31.7. The van der Waals surface area contributed by atoms with Crippen molar-refractivity contribution in [1.82, 2.24) is 19.9 Å². The number of hydrogen-bond acceptors (Lipinski definition) is 8. The molecule has 0 atom stereocenters. The predicted molar refractivity (Wildman–Crippen MR) is 339 cm³/mol. The second-order valence-corrected chi connectivity index (χ2v) is 23.7. The van der Waals surface area contributed by atoms with Gasteiger partial charge in [0.05, 0.1) is 60.4 Å². The number of ether oxygens (including phenoxy) is 4. The summed E-state index contributed by atoms with van der Waals surface area (Å²) in [6.07, 6.45) is 36.9. The molecule has 6 heterocycles. The van der Waals surface area contributed by atoms with Gasteiger partial charge in [0.1, 0.15) is 23.0 Å². The topological polar surface area (TPSA) is 109 Å². The zero-order valence-corrected chi connectivity index (χ0v) is 54.4. The van der Waals surface area contributed by atoms with Gasteiger partial charge in [0, 0.05) is 12.1 Å². The molecule has 0 spiro atoms. The molecule has 3 aliphatic heterocycles. The normalized spacial score (nSPS) is 14.1.